The highest BCUT2D eigenvalue weighted by atomic mass is 16.6. The first-order chi connectivity index (χ1) is 16.4. The molecule has 34 heavy (non-hydrogen) atoms. The molecule has 0 atom stereocenters. The third-order valence-electron chi connectivity index (χ3n) is 5.97. The summed E-state index contributed by atoms with van der Waals surface area (Å²) < 4.78 is 23.7. The lowest BCUT2D eigenvalue weighted by Gasteiger charge is -2.34. The van der Waals surface area contributed by atoms with Gasteiger partial charge in [0.05, 0.1) is 50.7 Å². The van der Waals surface area contributed by atoms with Crippen molar-refractivity contribution in [3.8, 4) is 28.4 Å². The molecular weight excluding hydrogens is 434 g/mol. The van der Waals surface area contributed by atoms with Crippen LogP contribution >= 0.6 is 0 Å². The summed E-state index contributed by atoms with van der Waals surface area (Å²) in [6, 6.07) is 15.9. The quantitative estimate of drug-likeness (QED) is 0.438. The number of carbonyl (C=O) groups is 1. The molecule has 0 spiro atoms. The van der Waals surface area contributed by atoms with E-state index in [0.29, 0.717) is 17.2 Å². The van der Waals surface area contributed by atoms with E-state index >= 15 is 0 Å². The van der Waals surface area contributed by atoms with Gasteiger partial charge in [-0.2, -0.15) is 5.10 Å². The third-order valence-corrected chi connectivity index (χ3v) is 5.97. The lowest BCUT2D eigenvalue weighted by molar-refractivity contribution is -0.166. The molecule has 0 unspecified atom stereocenters. The molecule has 0 saturated carbocycles. The summed E-state index contributed by atoms with van der Waals surface area (Å²) >= 11 is 0. The van der Waals surface area contributed by atoms with Gasteiger partial charge in [-0.25, -0.2) is 9.48 Å². The molecule has 0 N–H and O–H groups in total. The average molecular weight is 466 g/mol. The van der Waals surface area contributed by atoms with E-state index in [9.17, 15) is 4.79 Å². The Morgan fingerprint density at radius 1 is 0.971 bits per heavy atom. The number of hydrogen-bond donors (Lipinski definition) is 0. The molecule has 8 heteroatoms. The van der Waals surface area contributed by atoms with Crippen LogP contribution in [0.3, 0.4) is 0 Å². The van der Waals surface area contributed by atoms with E-state index in [2.05, 4.69) is 17.0 Å². The lowest BCUT2D eigenvalue weighted by atomic mass is 10.1. The molecule has 2 heterocycles. The minimum absolute atomic E-state index is 0.148. The summed E-state index contributed by atoms with van der Waals surface area (Å²) in [4.78, 5) is 14.4. The number of hydrogen-bond acceptors (Lipinski definition) is 7. The van der Waals surface area contributed by atoms with Crippen molar-refractivity contribution >= 4 is 11.7 Å². The highest BCUT2D eigenvalue weighted by molar-refractivity contribution is 5.78. The van der Waals surface area contributed by atoms with Crippen molar-refractivity contribution in [2.45, 2.75) is 32.5 Å². The molecule has 4 rings (SSSR count). The molecule has 0 aliphatic carbocycles. The van der Waals surface area contributed by atoms with E-state index in [1.165, 1.54) is 13.5 Å². The number of aromatic nitrogens is 2. The number of ether oxygens (including phenoxy) is 4. The van der Waals surface area contributed by atoms with Gasteiger partial charge in [-0.1, -0.05) is 12.1 Å². The highest BCUT2D eigenvalue weighted by Crippen LogP contribution is 2.35. The minimum atomic E-state index is -1.09. The minimum Gasteiger partial charge on any atom is -0.497 e. The van der Waals surface area contributed by atoms with Crippen LogP contribution in [0.5, 0.6) is 11.5 Å². The SMILES string of the molecule is COC(=O)C(C)(C)OCc1cc(-c2cc(OC)cc(OC)c2)n(-c2ccccc2N2CCC2)n1. The zero-order valence-electron chi connectivity index (χ0n) is 20.3. The maximum Gasteiger partial charge on any atom is 0.337 e. The van der Waals surface area contributed by atoms with E-state index < -0.39 is 11.6 Å². The third kappa shape index (κ3) is 4.72. The Kier molecular flexibility index (Phi) is 6.79. The summed E-state index contributed by atoms with van der Waals surface area (Å²) in [7, 11) is 4.61. The molecule has 180 valence electrons. The largest absolute Gasteiger partial charge is 0.497 e. The Morgan fingerprint density at radius 3 is 2.18 bits per heavy atom. The standard InChI is InChI=1S/C26H31N3O5/c1-26(2,25(30)33-5)34-17-19-15-24(18-13-20(31-3)16-21(14-18)32-4)29(27-19)23-10-7-6-9-22(23)28-11-8-12-28/h6-7,9-10,13-16H,8,11-12,17H2,1-5H3. The smallest absolute Gasteiger partial charge is 0.337 e. The molecule has 1 saturated heterocycles. The van der Waals surface area contributed by atoms with Gasteiger partial charge in [0.25, 0.3) is 0 Å². The van der Waals surface area contributed by atoms with Gasteiger partial charge in [0.1, 0.15) is 11.5 Å². The van der Waals surface area contributed by atoms with Crippen LogP contribution in [0.1, 0.15) is 26.0 Å². The van der Waals surface area contributed by atoms with E-state index in [1.54, 1.807) is 28.1 Å². The van der Waals surface area contributed by atoms with Crippen molar-refractivity contribution in [3.05, 3.63) is 54.2 Å². The van der Waals surface area contributed by atoms with Gasteiger partial charge in [0, 0.05) is 24.7 Å². The molecule has 2 aromatic carbocycles. The number of methoxy groups -OCH3 is 3. The van der Waals surface area contributed by atoms with Crippen LogP contribution in [0.4, 0.5) is 5.69 Å². The number of benzene rings is 2. The van der Waals surface area contributed by atoms with Crippen molar-refractivity contribution in [1.29, 1.82) is 0 Å². The highest BCUT2D eigenvalue weighted by Gasteiger charge is 2.30. The zero-order chi connectivity index (χ0) is 24.3. The molecule has 1 aliphatic rings. The van der Waals surface area contributed by atoms with Crippen molar-refractivity contribution in [3.63, 3.8) is 0 Å². The van der Waals surface area contributed by atoms with E-state index in [-0.39, 0.29) is 6.61 Å². The van der Waals surface area contributed by atoms with Crippen LogP contribution in [0.15, 0.2) is 48.5 Å². The maximum atomic E-state index is 12.1. The summed E-state index contributed by atoms with van der Waals surface area (Å²) in [5, 5.41) is 4.89. The zero-order valence-corrected chi connectivity index (χ0v) is 20.3. The van der Waals surface area contributed by atoms with Crippen LogP contribution < -0.4 is 14.4 Å². The predicted molar refractivity (Wildman–Crippen MR) is 130 cm³/mol. The second kappa shape index (κ2) is 9.77. The molecule has 1 fully saturated rings. The molecule has 3 aromatic rings. The van der Waals surface area contributed by atoms with Crippen LogP contribution in [-0.4, -0.2) is 55.8 Å². The van der Waals surface area contributed by atoms with E-state index in [4.69, 9.17) is 24.0 Å². The Bertz CT molecular complexity index is 1140. The van der Waals surface area contributed by atoms with Gasteiger partial charge >= 0.3 is 5.97 Å². The second-order valence-corrected chi connectivity index (χ2v) is 8.65. The van der Waals surface area contributed by atoms with Crippen LogP contribution in [-0.2, 0) is 20.9 Å². The molecule has 1 aromatic heterocycles. The topological polar surface area (TPSA) is 75.1 Å². The number of carbonyl (C=O) groups excluding carboxylic acids is 1. The van der Waals surface area contributed by atoms with Crippen LogP contribution in [0.2, 0.25) is 0 Å². The Hall–Kier alpha value is -3.52. The molecule has 0 bridgehead atoms. The normalized spacial score (nSPS) is 13.4. The molecule has 0 amide bonds. The summed E-state index contributed by atoms with van der Waals surface area (Å²) in [5.41, 5.74) is 3.44. The number of para-hydroxylation sites is 2. The first-order valence-corrected chi connectivity index (χ1v) is 11.3. The summed E-state index contributed by atoms with van der Waals surface area (Å²) in [5.74, 6) is 0.929. The fourth-order valence-electron chi connectivity index (χ4n) is 3.87. The van der Waals surface area contributed by atoms with Gasteiger partial charge in [-0.15, -0.1) is 0 Å². The van der Waals surface area contributed by atoms with Gasteiger partial charge in [-0.05, 0) is 50.6 Å². The fourth-order valence-corrected chi connectivity index (χ4v) is 3.87. The van der Waals surface area contributed by atoms with Gasteiger partial charge in [0.2, 0.25) is 0 Å². The fraction of sp³-hybridized carbons (Fsp3) is 0.385. The number of nitrogens with zero attached hydrogens (tertiary/aromatic N) is 3. The number of anilines is 1. The summed E-state index contributed by atoms with van der Waals surface area (Å²) in [6.45, 7) is 5.55. The average Bonchev–Trinajstić information content (AvgIpc) is 3.25. The molecule has 0 radical (unpaired) electrons. The van der Waals surface area contributed by atoms with Gasteiger partial charge in [0.15, 0.2) is 5.60 Å². The van der Waals surface area contributed by atoms with Crippen molar-refractivity contribution in [1.82, 2.24) is 9.78 Å². The molecular formula is C26H31N3O5. The molecule has 8 nitrogen and oxygen atoms in total. The number of rotatable bonds is 9. The Morgan fingerprint density at radius 2 is 1.62 bits per heavy atom. The Labute approximate surface area is 200 Å². The maximum absolute atomic E-state index is 12.1. The van der Waals surface area contributed by atoms with E-state index in [0.717, 1.165) is 35.7 Å². The van der Waals surface area contributed by atoms with Crippen molar-refractivity contribution in [2.75, 3.05) is 39.3 Å². The van der Waals surface area contributed by atoms with Crippen molar-refractivity contribution in [2.24, 2.45) is 0 Å². The monoisotopic (exact) mass is 465 g/mol. The Balaban J connectivity index is 1.80. The van der Waals surface area contributed by atoms with E-state index in [1.807, 2.05) is 41.1 Å². The van der Waals surface area contributed by atoms with Crippen LogP contribution in [0, 0.1) is 0 Å². The van der Waals surface area contributed by atoms with Gasteiger partial charge < -0.3 is 23.8 Å². The second-order valence-electron chi connectivity index (χ2n) is 8.65. The lowest BCUT2D eigenvalue weighted by Crippen LogP contribution is -2.37. The first-order valence-electron chi connectivity index (χ1n) is 11.3. The first kappa shape index (κ1) is 23.6. The summed E-state index contributed by atoms with van der Waals surface area (Å²) in [6.07, 6.45) is 1.18. The predicted octanol–water partition coefficient (Wildman–Crippen LogP) is 4.23. The van der Waals surface area contributed by atoms with Crippen molar-refractivity contribution < 1.29 is 23.7 Å². The van der Waals surface area contributed by atoms with Crippen LogP contribution in [0.25, 0.3) is 16.9 Å². The molecule has 1 aliphatic heterocycles. The number of esters is 1. The van der Waals surface area contributed by atoms with Gasteiger partial charge in [-0.3, -0.25) is 0 Å².